The van der Waals surface area contributed by atoms with Crippen molar-refractivity contribution in [3.8, 4) is 0 Å². The van der Waals surface area contributed by atoms with E-state index in [0.717, 1.165) is 0 Å². The smallest absolute Gasteiger partial charge is 0.343 e. The molecular formula is C2H8Na4O7P2. The van der Waals surface area contributed by atoms with Crippen LogP contribution in [0, 0.1) is 0 Å². The summed E-state index contributed by atoms with van der Waals surface area (Å²) in [7, 11) is -9.82. The van der Waals surface area contributed by atoms with Crippen LogP contribution in [0.25, 0.3) is 0 Å². The second-order valence-corrected chi connectivity index (χ2v) is 5.85. The zero-order valence-electron chi connectivity index (χ0n) is 9.23. The molecule has 0 rings (SSSR count). The average Bonchev–Trinajstić information content (AvgIpc) is 1.56. The molecule has 0 aromatic carbocycles. The summed E-state index contributed by atoms with van der Waals surface area (Å²) in [5.41, 5.74) is 0. The molecule has 0 aliphatic heterocycles. The van der Waals surface area contributed by atoms with Crippen molar-refractivity contribution in [2.75, 3.05) is 6.61 Å². The van der Waals surface area contributed by atoms with E-state index in [1.54, 1.807) is 0 Å². The summed E-state index contributed by atoms with van der Waals surface area (Å²) in [6, 6.07) is 0. The Morgan fingerprint density at radius 3 is 1.00 bits per heavy atom. The second kappa shape index (κ2) is 13.3. The van der Waals surface area contributed by atoms with Crippen LogP contribution >= 0.6 is 15.2 Å². The maximum Gasteiger partial charge on any atom is 0.343 e. The summed E-state index contributed by atoms with van der Waals surface area (Å²) in [5.74, 6) is 0. The van der Waals surface area contributed by atoms with Crippen molar-refractivity contribution >= 4 is 133 Å². The third kappa shape index (κ3) is 14.5. The van der Waals surface area contributed by atoms with E-state index in [9.17, 15) is 9.13 Å². The molecule has 0 bridgehead atoms. The van der Waals surface area contributed by atoms with Gasteiger partial charge < -0.3 is 24.7 Å². The van der Waals surface area contributed by atoms with E-state index in [4.69, 9.17) is 24.7 Å². The van der Waals surface area contributed by atoms with E-state index in [1.807, 2.05) is 0 Å². The van der Waals surface area contributed by atoms with Crippen molar-refractivity contribution < 1.29 is 33.8 Å². The molecule has 0 aliphatic rings. The van der Waals surface area contributed by atoms with Crippen LogP contribution in [0.2, 0.25) is 0 Å². The zero-order chi connectivity index (χ0) is 9.28. The van der Waals surface area contributed by atoms with Crippen molar-refractivity contribution in [1.82, 2.24) is 0 Å². The molecule has 7 nitrogen and oxygen atoms in total. The maximum absolute atomic E-state index is 10.3. The minimum atomic E-state index is -4.91. The largest absolute Gasteiger partial charge is 0.395 e. The monoisotopic (exact) mass is 298 g/mol. The Morgan fingerprint density at radius 1 is 0.800 bits per heavy atom. The summed E-state index contributed by atoms with van der Waals surface area (Å²) in [6.45, 7) is -1.24. The molecule has 0 saturated carbocycles. The topological polar surface area (TPSA) is 135 Å². The normalized spacial score (nSPS) is 10.3. The predicted octanol–water partition coefficient (Wildman–Crippen LogP) is -2.86. The number of hydrogen-bond acceptors (Lipinski definition) is 3. The van der Waals surface area contributed by atoms with Gasteiger partial charge in [0.25, 0.3) is 0 Å². The van der Waals surface area contributed by atoms with Gasteiger partial charge in [0.1, 0.15) is 0 Å². The van der Waals surface area contributed by atoms with Gasteiger partial charge in [0.2, 0.25) is 0 Å². The molecule has 0 aromatic rings. The Kier molecular flexibility index (Phi) is 27.9. The fourth-order valence-electron chi connectivity index (χ4n) is 0.409. The van der Waals surface area contributed by atoms with Gasteiger partial charge in [-0.05, 0) is 0 Å². The van der Waals surface area contributed by atoms with E-state index < -0.39 is 27.2 Å². The maximum atomic E-state index is 10.3. The summed E-state index contributed by atoms with van der Waals surface area (Å²) in [5, 5.41) is 5.92. The van der Waals surface area contributed by atoms with Crippen LogP contribution in [0.5, 0.6) is 0 Å². The van der Waals surface area contributed by atoms with Crippen LogP contribution in [0.4, 0.5) is 0 Å². The number of aliphatic hydroxyl groups is 1. The first-order chi connectivity index (χ1) is 4.69. The standard InChI is InChI=1S/C2H8O7P2.4Na/c3-1-2(10(4,5)6)11(7,8)9;;;;/h2-3H,1H2,(H2,4,5,6)(H2,7,8,9);;;;. The van der Waals surface area contributed by atoms with E-state index in [0.29, 0.717) is 0 Å². The van der Waals surface area contributed by atoms with Gasteiger partial charge in [-0.25, -0.2) is 0 Å². The van der Waals surface area contributed by atoms with Gasteiger partial charge >= 0.3 is 15.2 Å². The van der Waals surface area contributed by atoms with Crippen LogP contribution in [-0.2, 0) is 9.13 Å². The molecule has 72 valence electrons. The van der Waals surface area contributed by atoms with E-state index in [1.165, 1.54) is 0 Å². The van der Waals surface area contributed by atoms with Crippen molar-refractivity contribution in [2.45, 2.75) is 5.40 Å². The molecule has 0 amide bonds. The molecule has 0 unspecified atom stereocenters. The quantitative estimate of drug-likeness (QED) is 0.279. The SMILES string of the molecule is O=P(O)(O)C(CO)P(=O)(O)O.[Na].[Na].[Na].[Na]. The molecule has 0 spiro atoms. The Balaban J connectivity index is -0.0000000833. The van der Waals surface area contributed by atoms with Crippen molar-refractivity contribution in [3.63, 3.8) is 0 Å². The Labute approximate surface area is 176 Å². The first-order valence-corrected chi connectivity index (χ1v) is 5.77. The third-order valence-electron chi connectivity index (χ3n) is 0.940. The van der Waals surface area contributed by atoms with Gasteiger partial charge in [0.15, 0.2) is 5.40 Å². The Hall–Kier alpha value is 4.26. The van der Waals surface area contributed by atoms with Gasteiger partial charge in [-0.15, -0.1) is 0 Å². The Morgan fingerprint density at radius 2 is 1.00 bits per heavy atom. The fourth-order valence-corrected chi connectivity index (χ4v) is 2.40. The molecule has 0 atom stereocenters. The van der Waals surface area contributed by atoms with Crippen molar-refractivity contribution in [2.24, 2.45) is 0 Å². The van der Waals surface area contributed by atoms with E-state index in [-0.39, 0.29) is 118 Å². The van der Waals surface area contributed by atoms with Crippen molar-refractivity contribution in [3.05, 3.63) is 0 Å². The molecule has 0 fully saturated rings. The summed E-state index contributed by atoms with van der Waals surface area (Å²) in [4.78, 5) is 33.1. The minimum Gasteiger partial charge on any atom is -0.395 e. The molecule has 13 heteroatoms. The van der Waals surface area contributed by atoms with Crippen LogP contribution < -0.4 is 0 Å². The van der Waals surface area contributed by atoms with Gasteiger partial charge in [0.05, 0.1) is 6.61 Å². The van der Waals surface area contributed by atoms with E-state index in [2.05, 4.69) is 0 Å². The molecule has 0 saturated heterocycles. The number of hydrogen-bond donors (Lipinski definition) is 5. The Bertz CT molecular complexity index is 201. The fraction of sp³-hybridized carbons (Fsp3) is 1.00. The van der Waals surface area contributed by atoms with Gasteiger partial charge in [-0.1, -0.05) is 0 Å². The first kappa shape index (κ1) is 31.6. The third-order valence-corrected chi connectivity index (χ3v) is 4.62. The molecule has 15 heavy (non-hydrogen) atoms. The van der Waals surface area contributed by atoms with E-state index >= 15 is 0 Å². The summed E-state index contributed by atoms with van der Waals surface area (Å²) in [6.07, 6.45) is 0. The van der Waals surface area contributed by atoms with Gasteiger partial charge in [-0.2, -0.15) is 0 Å². The molecule has 0 aliphatic carbocycles. The predicted molar refractivity (Wildman–Crippen MR) is 58.0 cm³/mol. The van der Waals surface area contributed by atoms with Gasteiger partial charge in [0, 0.05) is 118 Å². The second-order valence-electron chi connectivity index (χ2n) is 1.84. The zero-order valence-corrected chi connectivity index (χ0v) is 19.0. The minimum absolute atomic E-state index is 0. The molecular weight excluding hydrogens is 290 g/mol. The number of rotatable bonds is 3. The van der Waals surface area contributed by atoms with Crippen LogP contribution in [0.15, 0.2) is 0 Å². The van der Waals surface area contributed by atoms with Crippen LogP contribution in [0.3, 0.4) is 0 Å². The molecule has 0 heterocycles. The summed E-state index contributed by atoms with van der Waals surface area (Å²) >= 11 is 0. The molecule has 4 radical (unpaired) electrons. The summed E-state index contributed by atoms with van der Waals surface area (Å²) < 4.78 is 20.5. The van der Waals surface area contributed by atoms with Gasteiger partial charge in [-0.3, -0.25) is 9.13 Å². The van der Waals surface area contributed by atoms with Crippen LogP contribution in [0.1, 0.15) is 0 Å². The number of aliphatic hydroxyl groups excluding tert-OH is 1. The first-order valence-electron chi connectivity index (χ1n) is 2.41. The molecule has 5 N–H and O–H groups in total. The average molecular weight is 298 g/mol. The molecule has 0 aromatic heterocycles. The van der Waals surface area contributed by atoms with Crippen LogP contribution in [-0.4, -0.2) is 155 Å². The van der Waals surface area contributed by atoms with Crippen molar-refractivity contribution in [1.29, 1.82) is 0 Å².